The predicted molar refractivity (Wildman–Crippen MR) is 76.0 cm³/mol. The molecule has 2 atom stereocenters. The fourth-order valence-electron chi connectivity index (χ4n) is 2.90. The van der Waals surface area contributed by atoms with Crippen LogP contribution in [-0.4, -0.2) is 42.0 Å². The Morgan fingerprint density at radius 2 is 2.16 bits per heavy atom. The molecule has 1 saturated heterocycles. The highest BCUT2D eigenvalue weighted by molar-refractivity contribution is 5.93. The van der Waals surface area contributed by atoms with Gasteiger partial charge in [-0.25, -0.2) is 0 Å². The molecule has 0 saturated carbocycles. The zero-order chi connectivity index (χ0) is 13.7. The van der Waals surface area contributed by atoms with E-state index < -0.39 is 0 Å². The van der Waals surface area contributed by atoms with E-state index in [1.54, 1.807) is 24.5 Å². The summed E-state index contributed by atoms with van der Waals surface area (Å²) in [6.45, 7) is 8.53. The van der Waals surface area contributed by atoms with Crippen molar-refractivity contribution < 1.29 is 4.79 Å². The number of hydrogen-bond acceptors (Lipinski definition) is 3. The molecule has 1 N–H and O–H groups in total. The van der Waals surface area contributed by atoms with Gasteiger partial charge in [-0.15, -0.1) is 0 Å². The number of rotatable bonds is 4. The summed E-state index contributed by atoms with van der Waals surface area (Å²) in [5, 5.41) is 2.96. The third kappa shape index (κ3) is 4.31. The monoisotopic (exact) mass is 261 g/mol. The maximum atomic E-state index is 11.8. The summed E-state index contributed by atoms with van der Waals surface area (Å²) in [5.74, 6) is 1.49. The lowest BCUT2D eigenvalue weighted by Gasteiger charge is -2.34. The van der Waals surface area contributed by atoms with Crippen LogP contribution in [0.2, 0.25) is 0 Å². The van der Waals surface area contributed by atoms with Gasteiger partial charge in [0.2, 0.25) is 0 Å². The number of carbonyl (C=O) groups is 1. The van der Waals surface area contributed by atoms with Crippen molar-refractivity contribution in [1.29, 1.82) is 0 Å². The highest BCUT2D eigenvalue weighted by atomic mass is 16.1. The maximum Gasteiger partial charge on any atom is 0.252 e. The number of likely N-dealkylation sites (tertiary alicyclic amines) is 1. The molecule has 0 radical (unpaired) electrons. The molecule has 2 rings (SSSR count). The standard InChI is InChI=1S/C15H23N3O/c1-12-8-13(2)11-18(10-12)7-6-17-15(19)14-4-3-5-16-9-14/h3-5,9,12-13H,6-8,10-11H2,1-2H3,(H,17,19)/t12-,13-/m1/s1. The smallest absolute Gasteiger partial charge is 0.252 e. The summed E-state index contributed by atoms with van der Waals surface area (Å²) in [6, 6.07) is 3.57. The quantitative estimate of drug-likeness (QED) is 0.898. The van der Waals surface area contributed by atoms with Crippen molar-refractivity contribution in [3.63, 3.8) is 0 Å². The minimum absolute atomic E-state index is 0.0359. The van der Waals surface area contributed by atoms with Crippen LogP contribution in [0, 0.1) is 11.8 Å². The third-order valence-corrected chi connectivity index (χ3v) is 3.58. The van der Waals surface area contributed by atoms with Crippen molar-refractivity contribution in [2.75, 3.05) is 26.2 Å². The summed E-state index contributed by atoms with van der Waals surface area (Å²) in [7, 11) is 0. The lowest BCUT2D eigenvalue weighted by Crippen LogP contribution is -2.42. The summed E-state index contributed by atoms with van der Waals surface area (Å²) in [4.78, 5) is 18.2. The first-order valence-electron chi connectivity index (χ1n) is 7.05. The van der Waals surface area contributed by atoms with Gasteiger partial charge in [0.15, 0.2) is 0 Å². The average Bonchev–Trinajstić information content (AvgIpc) is 2.38. The fraction of sp³-hybridized carbons (Fsp3) is 0.600. The molecule has 0 unspecified atom stereocenters. The van der Waals surface area contributed by atoms with E-state index in [2.05, 4.69) is 29.0 Å². The van der Waals surface area contributed by atoms with Gasteiger partial charge < -0.3 is 10.2 Å². The van der Waals surface area contributed by atoms with Gasteiger partial charge in [-0.05, 0) is 30.4 Å². The zero-order valence-corrected chi connectivity index (χ0v) is 11.8. The fourth-order valence-corrected chi connectivity index (χ4v) is 2.90. The minimum atomic E-state index is -0.0359. The van der Waals surface area contributed by atoms with Gasteiger partial charge >= 0.3 is 0 Å². The van der Waals surface area contributed by atoms with Gasteiger partial charge in [-0.2, -0.15) is 0 Å². The Bertz CT molecular complexity index is 397. The molecule has 2 heterocycles. The molecule has 1 fully saturated rings. The van der Waals surface area contributed by atoms with Crippen molar-refractivity contribution in [2.45, 2.75) is 20.3 Å². The van der Waals surface area contributed by atoms with Crippen LogP contribution in [0.15, 0.2) is 24.5 Å². The molecule has 4 heteroatoms. The Morgan fingerprint density at radius 3 is 2.79 bits per heavy atom. The second-order valence-electron chi connectivity index (χ2n) is 5.70. The molecule has 1 aromatic rings. The normalized spacial score (nSPS) is 24.1. The number of carbonyl (C=O) groups excluding carboxylic acids is 1. The first kappa shape index (κ1) is 14.0. The van der Waals surface area contributed by atoms with E-state index >= 15 is 0 Å². The van der Waals surface area contributed by atoms with Crippen LogP contribution in [0.5, 0.6) is 0 Å². The molecular formula is C15H23N3O. The van der Waals surface area contributed by atoms with Gasteiger partial charge in [0.05, 0.1) is 5.56 Å². The van der Waals surface area contributed by atoms with E-state index in [0.717, 1.165) is 31.5 Å². The van der Waals surface area contributed by atoms with E-state index in [-0.39, 0.29) is 5.91 Å². The van der Waals surface area contributed by atoms with Crippen LogP contribution in [0.4, 0.5) is 0 Å². The van der Waals surface area contributed by atoms with Gasteiger partial charge in [-0.1, -0.05) is 13.8 Å². The summed E-state index contributed by atoms with van der Waals surface area (Å²) >= 11 is 0. The molecule has 19 heavy (non-hydrogen) atoms. The molecule has 104 valence electrons. The first-order valence-corrected chi connectivity index (χ1v) is 7.05. The van der Waals surface area contributed by atoms with E-state index in [0.29, 0.717) is 12.1 Å². The van der Waals surface area contributed by atoms with Gasteiger partial charge in [0, 0.05) is 38.6 Å². The molecule has 1 aromatic heterocycles. The minimum Gasteiger partial charge on any atom is -0.351 e. The summed E-state index contributed by atoms with van der Waals surface area (Å²) in [6.07, 6.45) is 4.59. The number of nitrogens with one attached hydrogen (secondary N) is 1. The van der Waals surface area contributed by atoms with Gasteiger partial charge in [0.1, 0.15) is 0 Å². The Morgan fingerprint density at radius 1 is 1.42 bits per heavy atom. The summed E-state index contributed by atoms with van der Waals surface area (Å²) in [5.41, 5.74) is 0.628. The Kier molecular flexibility index (Phi) is 4.91. The highest BCUT2D eigenvalue weighted by Crippen LogP contribution is 2.20. The molecule has 0 aromatic carbocycles. The second-order valence-corrected chi connectivity index (χ2v) is 5.70. The topological polar surface area (TPSA) is 45.2 Å². The SMILES string of the molecule is C[C@@H]1C[C@@H](C)CN(CCNC(=O)c2cccnc2)C1. The van der Waals surface area contributed by atoms with Crippen LogP contribution in [-0.2, 0) is 0 Å². The van der Waals surface area contributed by atoms with E-state index in [1.165, 1.54) is 6.42 Å². The number of nitrogens with zero attached hydrogens (tertiary/aromatic N) is 2. The number of piperidine rings is 1. The highest BCUT2D eigenvalue weighted by Gasteiger charge is 2.21. The van der Waals surface area contributed by atoms with Crippen LogP contribution in [0.3, 0.4) is 0 Å². The number of hydrogen-bond donors (Lipinski definition) is 1. The molecule has 1 amide bonds. The van der Waals surface area contributed by atoms with Crippen molar-refractivity contribution in [1.82, 2.24) is 15.2 Å². The maximum absolute atomic E-state index is 11.8. The van der Waals surface area contributed by atoms with Crippen LogP contribution in [0.1, 0.15) is 30.6 Å². The Balaban J connectivity index is 1.73. The van der Waals surface area contributed by atoms with E-state index in [1.807, 2.05) is 0 Å². The van der Waals surface area contributed by atoms with Crippen LogP contribution < -0.4 is 5.32 Å². The third-order valence-electron chi connectivity index (χ3n) is 3.58. The largest absolute Gasteiger partial charge is 0.351 e. The molecule has 1 aliphatic rings. The first-order chi connectivity index (χ1) is 9.15. The molecule has 0 aliphatic carbocycles. The lowest BCUT2D eigenvalue weighted by atomic mass is 9.92. The van der Waals surface area contributed by atoms with E-state index in [4.69, 9.17) is 0 Å². The molecule has 0 bridgehead atoms. The van der Waals surface area contributed by atoms with E-state index in [9.17, 15) is 4.79 Å². The van der Waals surface area contributed by atoms with Gasteiger partial charge in [-0.3, -0.25) is 9.78 Å². The van der Waals surface area contributed by atoms with Crippen molar-refractivity contribution >= 4 is 5.91 Å². The Labute approximate surface area is 115 Å². The number of aromatic nitrogens is 1. The molecule has 4 nitrogen and oxygen atoms in total. The van der Waals surface area contributed by atoms with Crippen LogP contribution in [0.25, 0.3) is 0 Å². The molecular weight excluding hydrogens is 238 g/mol. The Hall–Kier alpha value is -1.42. The lowest BCUT2D eigenvalue weighted by molar-refractivity contribution is 0.0936. The van der Waals surface area contributed by atoms with Crippen molar-refractivity contribution in [2.24, 2.45) is 11.8 Å². The van der Waals surface area contributed by atoms with Crippen molar-refractivity contribution in [3.05, 3.63) is 30.1 Å². The number of pyridine rings is 1. The van der Waals surface area contributed by atoms with Gasteiger partial charge in [0.25, 0.3) is 5.91 Å². The second kappa shape index (κ2) is 6.66. The zero-order valence-electron chi connectivity index (χ0n) is 11.8. The molecule has 0 spiro atoms. The molecule has 1 aliphatic heterocycles. The summed E-state index contributed by atoms with van der Waals surface area (Å²) < 4.78 is 0. The predicted octanol–water partition coefficient (Wildman–Crippen LogP) is 1.79. The number of amides is 1. The van der Waals surface area contributed by atoms with Crippen molar-refractivity contribution in [3.8, 4) is 0 Å². The average molecular weight is 261 g/mol. The van der Waals surface area contributed by atoms with Crippen LogP contribution >= 0.6 is 0 Å².